The predicted octanol–water partition coefficient (Wildman–Crippen LogP) is 2.32. The molecule has 2 rings (SSSR count). The Labute approximate surface area is 193 Å². The summed E-state index contributed by atoms with van der Waals surface area (Å²) in [6, 6.07) is 0.384. The van der Waals surface area contributed by atoms with Crippen LogP contribution >= 0.6 is 24.0 Å². The summed E-state index contributed by atoms with van der Waals surface area (Å²) in [5.41, 5.74) is 0. The van der Waals surface area contributed by atoms with Gasteiger partial charge in [-0.15, -0.1) is 34.2 Å². The molecular formula is C20H40IN7O. The van der Waals surface area contributed by atoms with Gasteiger partial charge >= 0.3 is 0 Å². The van der Waals surface area contributed by atoms with E-state index in [0.29, 0.717) is 12.6 Å². The highest BCUT2D eigenvalue weighted by atomic mass is 127. The number of aryl methyl sites for hydroxylation is 1. The molecule has 1 aromatic heterocycles. The van der Waals surface area contributed by atoms with Crippen LogP contribution in [0.15, 0.2) is 4.99 Å². The fraction of sp³-hybridized carbons (Fsp3) is 0.850. The Kier molecular flexibility index (Phi) is 12.7. The maximum absolute atomic E-state index is 5.42. The molecule has 0 spiro atoms. The van der Waals surface area contributed by atoms with E-state index in [-0.39, 0.29) is 24.0 Å². The summed E-state index contributed by atoms with van der Waals surface area (Å²) in [6.45, 7) is 14.8. The molecule has 0 amide bonds. The van der Waals surface area contributed by atoms with Crippen molar-refractivity contribution in [3.05, 3.63) is 11.6 Å². The maximum Gasteiger partial charge on any atom is 0.191 e. The number of nitrogens with one attached hydrogen (secondary N) is 2. The first-order chi connectivity index (χ1) is 13.5. The molecule has 2 N–H and O–H groups in total. The van der Waals surface area contributed by atoms with Gasteiger partial charge in [0.25, 0.3) is 0 Å². The summed E-state index contributed by atoms with van der Waals surface area (Å²) in [4.78, 5) is 7.18. The third-order valence-electron chi connectivity index (χ3n) is 5.19. The molecule has 1 saturated heterocycles. The van der Waals surface area contributed by atoms with E-state index in [1.54, 1.807) is 0 Å². The van der Waals surface area contributed by atoms with Crippen molar-refractivity contribution in [2.24, 2.45) is 18.0 Å². The molecule has 1 unspecified atom stereocenters. The Morgan fingerprint density at radius 3 is 2.52 bits per heavy atom. The Hall–Kier alpha value is -0.940. The van der Waals surface area contributed by atoms with Gasteiger partial charge in [-0.25, -0.2) is 4.99 Å². The van der Waals surface area contributed by atoms with Gasteiger partial charge in [-0.05, 0) is 26.2 Å². The van der Waals surface area contributed by atoms with Crippen molar-refractivity contribution in [1.29, 1.82) is 0 Å². The lowest BCUT2D eigenvalue weighted by Gasteiger charge is -2.27. The molecule has 8 nitrogen and oxygen atoms in total. The third kappa shape index (κ3) is 10.1. The van der Waals surface area contributed by atoms with Crippen molar-refractivity contribution < 1.29 is 4.74 Å². The first-order valence-electron chi connectivity index (χ1n) is 10.7. The first-order valence-corrected chi connectivity index (χ1v) is 10.7. The van der Waals surface area contributed by atoms with Crippen LogP contribution in [0.5, 0.6) is 0 Å². The first kappa shape index (κ1) is 26.1. The Morgan fingerprint density at radius 2 is 1.90 bits per heavy atom. The van der Waals surface area contributed by atoms with E-state index < -0.39 is 0 Å². The molecule has 168 valence electrons. The van der Waals surface area contributed by atoms with Crippen LogP contribution in [0.1, 0.15) is 51.7 Å². The number of morpholine rings is 1. The van der Waals surface area contributed by atoms with Crippen molar-refractivity contribution in [1.82, 2.24) is 30.3 Å². The largest absolute Gasteiger partial charge is 0.379 e. The van der Waals surface area contributed by atoms with Gasteiger partial charge in [0.05, 0.1) is 13.2 Å². The van der Waals surface area contributed by atoms with Gasteiger partial charge in [-0.1, -0.05) is 26.7 Å². The number of guanidine groups is 1. The summed E-state index contributed by atoms with van der Waals surface area (Å²) >= 11 is 0. The lowest BCUT2D eigenvalue weighted by Crippen LogP contribution is -2.46. The molecule has 1 aliphatic heterocycles. The number of halogens is 1. The fourth-order valence-corrected chi connectivity index (χ4v) is 3.19. The Balaban J connectivity index is 0.00000420. The van der Waals surface area contributed by atoms with E-state index in [4.69, 9.17) is 9.73 Å². The van der Waals surface area contributed by atoms with Gasteiger partial charge in [0, 0.05) is 39.3 Å². The highest BCUT2D eigenvalue weighted by Crippen LogP contribution is 2.08. The number of hydrogen-bond acceptors (Lipinski definition) is 5. The zero-order valence-electron chi connectivity index (χ0n) is 18.8. The van der Waals surface area contributed by atoms with E-state index in [9.17, 15) is 0 Å². The molecule has 0 saturated carbocycles. The van der Waals surface area contributed by atoms with Crippen LogP contribution in [0.3, 0.4) is 0 Å². The average Bonchev–Trinajstić information content (AvgIpc) is 2.98. The highest BCUT2D eigenvalue weighted by Gasteiger charge is 2.11. The van der Waals surface area contributed by atoms with Crippen LogP contribution in [0.2, 0.25) is 0 Å². The van der Waals surface area contributed by atoms with E-state index in [0.717, 1.165) is 69.3 Å². The van der Waals surface area contributed by atoms with Gasteiger partial charge in [-0.3, -0.25) is 4.90 Å². The zero-order valence-corrected chi connectivity index (χ0v) is 21.1. The quantitative estimate of drug-likeness (QED) is 0.280. The van der Waals surface area contributed by atoms with Crippen molar-refractivity contribution in [3.63, 3.8) is 0 Å². The number of hydrogen-bond donors (Lipinski definition) is 2. The molecule has 1 fully saturated rings. The second-order valence-corrected chi connectivity index (χ2v) is 8.14. The lowest BCUT2D eigenvalue weighted by molar-refractivity contribution is 0.0389. The van der Waals surface area contributed by atoms with Crippen molar-refractivity contribution in [3.8, 4) is 0 Å². The summed E-state index contributed by atoms with van der Waals surface area (Å²) in [6.07, 6.45) is 3.64. The van der Waals surface area contributed by atoms with Crippen LogP contribution in [0.25, 0.3) is 0 Å². The van der Waals surface area contributed by atoms with E-state index in [1.807, 2.05) is 18.5 Å². The number of rotatable bonds is 10. The molecule has 0 bridgehead atoms. The number of nitrogens with zero attached hydrogens (tertiary/aromatic N) is 5. The number of ether oxygens (including phenoxy) is 1. The monoisotopic (exact) mass is 521 g/mol. The second-order valence-electron chi connectivity index (χ2n) is 8.14. The molecule has 9 heteroatoms. The second kappa shape index (κ2) is 14.1. The van der Waals surface area contributed by atoms with Crippen LogP contribution < -0.4 is 10.6 Å². The SMILES string of the molecule is Cc1nnc(CN=C(NCCN2CCOCC2)NC(C)CCCC(C)C)n1C.I. The lowest BCUT2D eigenvalue weighted by atomic mass is 10.0. The minimum Gasteiger partial charge on any atom is -0.379 e. The van der Waals surface area contributed by atoms with Gasteiger partial charge in [0.15, 0.2) is 11.8 Å². The van der Waals surface area contributed by atoms with Crippen LogP contribution in [-0.2, 0) is 18.3 Å². The van der Waals surface area contributed by atoms with Crippen molar-refractivity contribution in [2.75, 3.05) is 39.4 Å². The van der Waals surface area contributed by atoms with Crippen LogP contribution in [-0.4, -0.2) is 71.1 Å². The molecule has 29 heavy (non-hydrogen) atoms. The summed E-state index contributed by atoms with van der Waals surface area (Å²) in [5, 5.41) is 15.4. The highest BCUT2D eigenvalue weighted by molar-refractivity contribution is 14.0. The minimum absolute atomic E-state index is 0. The van der Waals surface area contributed by atoms with Gasteiger partial charge in [0.2, 0.25) is 0 Å². The molecular weight excluding hydrogens is 481 g/mol. The summed E-state index contributed by atoms with van der Waals surface area (Å²) in [5.74, 6) is 3.39. The van der Waals surface area contributed by atoms with Crippen molar-refractivity contribution >= 4 is 29.9 Å². The third-order valence-corrected chi connectivity index (χ3v) is 5.19. The van der Waals surface area contributed by atoms with Crippen LogP contribution in [0, 0.1) is 12.8 Å². The van der Waals surface area contributed by atoms with E-state index in [1.165, 1.54) is 12.8 Å². The van der Waals surface area contributed by atoms with Gasteiger partial charge in [-0.2, -0.15) is 0 Å². The number of aliphatic imine (C=N–C) groups is 1. The standard InChI is InChI=1S/C20H39N7O.HI/c1-16(2)7-6-8-17(3)23-20(21-9-10-27-11-13-28-14-12-27)22-15-19-25-24-18(4)26(19)5;/h16-17H,6-15H2,1-5H3,(H2,21,22,23);1H. The zero-order chi connectivity index (χ0) is 20.4. The Bertz CT molecular complexity index is 600. The minimum atomic E-state index is 0. The topological polar surface area (TPSA) is 79.6 Å². The molecule has 1 atom stereocenters. The molecule has 0 aromatic carbocycles. The Morgan fingerprint density at radius 1 is 1.17 bits per heavy atom. The molecule has 1 aliphatic rings. The molecule has 1 aromatic rings. The maximum atomic E-state index is 5.42. The molecule has 0 aliphatic carbocycles. The fourth-order valence-electron chi connectivity index (χ4n) is 3.19. The number of aromatic nitrogens is 3. The normalized spacial score (nSPS) is 16.6. The molecule has 0 radical (unpaired) electrons. The summed E-state index contributed by atoms with van der Waals surface area (Å²) < 4.78 is 7.41. The van der Waals surface area contributed by atoms with E-state index >= 15 is 0 Å². The average molecular weight is 521 g/mol. The van der Waals surface area contributed by atoms with Gasteiger partial charge < -0.3 is 19.9 Å². The van der Waals surface area contributed by atoms with Crippen LogP contribution in [0.4, 0.5) is 0 Å². The molecule has 2 heterocycles. The smallest absolute Gasteiger partial charge is 0.191 e. The van der Waals surface area contributed by atoms with Gasteiger partial charge in [0.1, 0.15) is 12.4 Å². The van der Waals surface area contributed by atoms with Crippen molar-refractivity contribution in [2.45, 2.75) is 59.5 Å². The summed E-state index contributed by atoms with van der Waals surface area (Å²) in [7, 11) is 1.98. The van der Waals surface area contributed by atoms with E-state index in [2.05, 4.69) is 46.5 Å². The predicted molar refractivity (Wildman–Crippen MR) is 129 cm³/mol.